The van der Waals surface area contributed by atoms with Crippen LogP contribution in [0.15, 0.2) is 16.8 Å². The minimum Gasteiger partial charge on any atom is -0.477 e. The number of unbranched alkanes of at least 4 members (excludes halogenated alkanes) is 6. The third-order valence-corrected chi connectivity index (χ3v) is 11.6. The molecule has 0 spiro atoms. The molecule has 0 saturated carbocycles. The number of carbonyl (C=O) groups excluding carboxylic acids is 3. The fraction of sp³-hybridized carbons (Fsp3) is 0.757. The molecule has 4 rings (SSSR count). The van der Waals surface area contributed by atoms with Crippen molar-refractivity contribution in [2.24, 2.45) is 11.8 Å². The molecule has 0 radical (unpaired) electrons. The number of nitrogens with one attached hydrogen (secondary N) is 3. The van der Waals surface area contributed by atoms with Gasteiger partial charge in [-0.1, -0.05) is 72.1 Å². The number of carbonyl (C=O) groups is 4. The molecule has 3 amide bonds. The number of nitrogens with zero attached hydrogens (tertiary/aromatic N) is 3. The van der Waals surface area contributed by atoms with Gasteiger partial charge in [0, 0.05) is 54.9 Å². The van der Waals surface area contributed by atoms with Crippen molar-refractivity contribution in [3.63, 3.8) is 0 Å². The largest absolute Gasteiger partial charge is 0.477 e. The van der Waals surface area contributed by atoms with Crippen LogP contribution in [0.1, 0.15) is 117 Å². The van der Waals surface area contributed by atoms with Crippen LogP contribution in [-0.4, -0.2) is 104 Å². The van der Waals surface area contributed by atoms with Crippen molar-refractivity contribution in [1.82, 2.24) is 30.4 Å². The van der Waals surface area contributed by atoms with Gasteiger partial charge in [0.05, 0.1) is 30.3 Å². The lowest BCUT2D eigenvalue weighted by atomic mass is 9.79. The predicted octanol–water partition coefficient (Wildman–Crippen LogP) is 4.43. The molecular weight excluding hydrogens is 671 g/mol. The van der Waals surface area contributed by atoms with Crippen LogP contribution in [0.5, 0.6) is 0 Å². The van der Waals surface area contributed by atoms with Gasteiger partial charge in [0.25, 0.3) is 0 Å². The van der Waals surface area contributed by atoms with Gasteiger partial charge in [-0.2, -0.15) is 0 Å². The van der Waals surface area contributed by atoms with Gasteiger partial charge in [-0.05, 0) is 39.0 Å². The lowest BCUT2D eigenvalue weighted by Gasteiger charge is -2.46. The number of aliphatic carboxylic acids is 1. The van der Waals surface area contributed by atoms with E-state index in [0.29, 0.717) is 36.3 Å². The van der Waals surface area contributed by atoms with E-state index in [4.69, 9.17) is 5.73 Å². The first-order chi connectivity index (χ1) is 24.3. The van der Waals surface area contributed by atoms with Crippen molar-refractivity contribution in [2.45, 2.75) is 147 Å². The number of hydrogen-bond donors (Lipinski definition) is 6. The summed E-state index contributed by atoms with van der Waals surface area (Å²) >= 11 is 1.45. The molecular formula is C37H63N7O6S. The highest BCUT2D eigenvalue weighted by Gasteiger charge is 2.60. The molecule has 0 unspecified atom stereocenters. The Bertz CT molecular complexity index is 1320. The van der Waals surface area contributed by atoms with Crippen LogP contribution in [0.25, 0.3) is 0 Å². The summed E-state index contributed by atoms with van der Waals surface area (Å²) in [7, 11) is 3.42. The Kier molecular flexibility index (Phi) is 17.3. The lowest BCUT2D eigenvalue weighted by Crippen LogP contribution is -2.63. The number of nitrogen functional groups attached to an aromatic ring is 1. The third kappa shape index (κ3) is 12.0. The van der Waals surface area contributed by atoms with E-state index in [-0.39, 0.29) is 46.7 Å². The number of amides is 3. The quantitative estimate of drug-likeness (QED) is 0.0825. The number of aliphatic hydroxyl groups is 1. The SMILES string of the molecule is CCCCCCC(CCCCCC)NC(=O)CCCc1cnc(N)[nH]1.C[C@@H](O)[C@H]1C(=O)N2C(C(=O)O)=C(S[C@@H]3CN[C@H](C(=O)N(C)C)C3)[C@H](C)[C@H]12. The molecule has 4 heterocycles. The number of aliphatic hydroxyl groups excluding tert-OH is 1. The number of carboxylic acid groups (broad SMARTS) is 1. The number of aryl methyl sites for hydroxylation is 1. The van der Waals surface area contributed by atoms with Gasteiger partial charge in [0.1, 0.15) is 5.70 Å². The zero-order chi connectivity index (χ0) is 37.7. The van der Waals surface area contributed by atoms with Gasteiger partial charge in [0.2, 0.25) is 17.7 Å². The first kappa shape index (κ1) is 42.3. The summed E-state index contributed by atoms with van der Waals surface area (Å²) in [6, 6.07) is -0.217. The molecule has 6 atom stereocenters. The maximum absolute atomic E-state index is 12.3. The average Bonchev–Trinajstić information content (AvgIpc) is 3.78. The van der Waals surface area contributed by atoms with E-state index < -0.39 is 18.0 Å². The second kappa shape index (κ2) is 20.8. The van der Waals surface area contributed by atoms with Crippen LogP contribution in [0, 0.1) is 11.8 Å². The zero-order valence-electron chi connectivity index (χ0n) is 31.6. The van der Waals surface area contributed by atoms with Crippen molar-refractivity contribution in [2.75, 3.05) is 26.4 Å². The van der Waals surface area contributed by atoms with Crippen LogP contribution < -0.4 is 16.4 Å². The highest BCUT2D eigenvalue weighted by Crippen LogP contribution is 2.51. The number of imidazole rings is 1. The van der Waals surface area contributed by atoms with Crippen molar-refractivity contribution >= 4 is 41.4 Å². The van der Waals surface area contributed by atoms with E-state index in [9.17, 15) is 29.4 Å². The number of carboxylic acids is 1. The summed E-state index contributed by atoms with van der Waals surface area (Å²) < 4.78 is 0. The number of anilines is 1. The maximum Gasteiger partial charge on any atom is 0.353 e. The fourth-order valence-corrected chi connectivity index (χ4v) is 8.80. The van der Waals surface area contributed by atoms with Gasteiger partial charge in [-0.25, -0.2) is 9.78 Å². The fourth-order valence-electron chi connectivity index (χ4n) is 7.32. The Morgan fingerprint density at radius 2 is 1.75 bits per heavy atom. The summed E-state index contributed by atoms with van der Waals surface area (Å²) in [5.41, 5.74) is 6.61. The number of thioether (sulfide) groups is 1. The predicted molar refractivity (Wildman–Crippen MR) is 201 cm³/mol. The molecule has 13 nitrogen and oxygen atoms in total. The lowest BCUT2D eigenvalue weighted by molar-refractivity contribution is -0.163. The topological polar surface area (TPSA) is 194 Å². The number of likely N-dealkylation sites (N-methyl/N-ethyl adjacent to an activating group) is 1. The Labute approximate surface area is 308 Å². The third-order valence-electron chi connectivity index (χ3n) is 10.1. The van der Waals surface area contributed by atoms with Crippen LogP contribution in [0.2, 0.25) is 0 Å². The molecule has 0 bridgehead atoms. The summed E-state index contributed by atoms with van der Waals surface area (Å²) in [6.07, 6.45) is 16.1. The van der Waals surface area contributed by atoms with Gasteiger partial charge in [-0.15, -0.1) is 11.8 Å². The van der Waals surface area contributed by atoms with Gasteiger partial charge in [-0.3, -0.25) is 14.4 Å². The molecule has 2 fully saturated rings. The highest BCUT2D eigenvalue weighted by atomic mass is 32.2. The van der Waals surface area contributed by atoms with Crippen LogP contribution in [0.3, 0.4) is 0 Å². The highest BCUT2D eigenvalue weighted by molar-refractivity contribution is 8.03. The Morgan fingerprint density at radius 1 is 1.10 bits per heavy atom. The summed E-state index contributed by atoms with van der Waals surface area (Å²) in [4.78, 5) is 59.0. The molecule has 3 aliphatic heterocycles. The average molecular weight is 734 g/mol. The number of aromatic nitrogens is 2. The number of rotatable bonds is 20. The molecule has 1 aromatic heterocycles. The molecule has 0 aromatic carbocycles. The van der Waals surface area contributed by atoms with Crippen LogP contribution in [-0.2, 0) is 25.6 Å². The molecule has 7 N–H and O–H groups in total. The normalized spacial score (nSPS) is 23.1. The van der Waals surface area contributed by atoms with E-state index in [0.717, 1.165) is 31.4 Å². The molecule has 1 aromatic rings. The first-order valence-corrected chi connectivity index (χ1v) is 19.9. The second-order valence-electron chi connectivity index (χ2n) is 14.6. The number of nitrogens with two attached hydrogens (primary N) is 1. The molecule has 3 aliphatic rings. The van der Waals surface area contributed by atoms with Crippen LogP contribution in [0.4, 0.5) is 5.95 Å². The Hall–Kier alpha value is -3.10. The molecule has 0 aliphatic carbocycles. The van der Waals surface area contributed by atoms with Gasteiger partial charge < -0.3 is 41.4 Å². The maximum atomic E-state index is 12.3. The van der Waals surface area contributed by atoms with Gasteiger partial charge >= 0.3 is 5.97 Å². The van der Waals surface area contributed by atoms with E-state index in [2.05, 4.69) is 34.4 Å². The van der Waals surface area contributed by atoms with E-state index in [1.54, 1.807) is 32.1 Å². The molecule has 14 heteroatoms. The Morgan fingerprint density at radius 3 is 2.27 bits per heavy atom. The zero-order valence-corrected chi connectivity index (χ0v) is 32.4. The second-order valence-corrected chi connectivity index (χ2v) is 15.9. The smallest absolute Gasteiger partial charge is 0.353 e. The number of aromatic amines is 1. The molecule has 2 saturated heterocycles. The van der Waals surface area contributed by atoms with Crippen molar-refractivity contribution < 1.29 is 29.4 Å². The summed E-state index contributed by atoms with van der Waals surface area (Å²) in [5, 5.41) is 26.1. The minimum atomic E-state index is -1.12. The molecule has 288 valence electrons. The van der Waals surface area contributed by atoms with Gasteiger partial charge in [0.15, 0.2) is 5.95 Å². The van der Waals surface area contributed by atoms with E-state index in [1.807, 2.05) is 6.92 Å². The van der Waals surface area contributed by atoms with Crippen molar-refractivity contribution in [3.05, 3.63) is 22.5 Å². The van der Waals surface area contributed by atoms with E-state index >= 15 is 0 Å². The number of hydrogen-bond acceptors (Lipinski definition) is 9. The number of β-lactam (4-membered cyclic amide) rings is 1. The molecule has 51 heavy (non-hydrogen) atoms. The minimum absolute atomic E-state index is 0.00757. The summed E-state index contributed by atoms with van der Waals surface area (Å²) in [6.45, 7) is 8.55. The number of H-pyrrole nitrogens is 1. The summed E-state index contributed by atoms with van der Waals surface area (Å²) in [5.74, 6) is -1.51. The van der Waals surface area contributed by atoms with Crippen molar-refractivity contribution in [3.8, 4) is 0 Å². The monoisotopic (exact) mass is 733 g/mol. The standard InChI is InChI=1S/C20H38N4O.C17H25N3O5S/c1-3-5-7-9-12-17(13-10-8-6-4-2)23-19(25)15-11-14-18-16-22-20(21)24-18;1-7-12-11(8(2)21)16(23)20(12)13(17(24)25)14(7)26-9-5-10(18-6-9)15(22)19(3)4/h16-17H,3-15H2,1-2H3,(H,23,25)(H3,21,22,24);7-12,18,21H,5-6H2,1-4H3,(H,24,25)/t;7-,8-,9+,10+,11-,12-/m.1/s1. The Balaban J connectivity index is 0.000000276. The number of fused-ring (bicyclic) bond motifs is 1. The van der Waals surface area contributed by atoms with Crippen molar-refractivity contribution in [1.29, 1.82) is 0 Å². The first-order valence-electron chi connectivity index (χ1n) is 19.0. The van der Waals surface area contributed by atoms with Crippen LogP contribution >= 0.6 is 11.8 Å². The van der Waals surface area contributed by atoms with E-state index in [1.165, 1.54) is 68.0 Å².